The summed E-state index contributed by atoms with van der Waals surface area (Å²) in [7, 11) is 1.61. The Morgan fingerprint density at radius 1 is 1.59 bits per heavy atom. The van der Waals surface area contributed by atoms with Gasteiger partial charge < -0.3 is 15.1 Å². The summed E-state index contributed by atoms with van der Waals surface area (Å²) in [4.78, 5) is 16.4. The van der Waals surface area contributed by atoms with Crippen LogP contribution in [0.5, 0.6) is 0 Å². The number of hydrogen-bond acceptors (Lipinski definition) is 5. The van der Waals surface area contributed by atoms with Crippen LogP contribution in [0.1, 0.15) is 21.1 Å². The molecule has 0 aliphatic rings. The van der Waals surface area contributed by atoms with Gasteiger partial charge in [-0.25, -0.2) is 4.98 Å². The predicted molar refractivity (Wildman–Crippen MR) is 66.3 cm³/mol. The maximum absolute atomic E-state index is 11.5. The highest BCUT2D eigenvalue weighted by Crippen LogP contribution is 2.22. The van der Waals surface area contributed by atoms with E-state index in [1.807, 2.05) is 19.1 Å². The monoisotopic (exact) mass is 251 g/mol. The van der Waals surface area contributed by atoms with Gasteiger partial charge in [0.2, 0.25) is 0 Å². The zero-order valence-electron chi connectivity index (χ0n) is 9.61. The van der Waals surface area contributed by atoms with Crippen LogP contribution in [0.3, 0.4) is 0 Å². The first-order chi connectivity index (χ1) is 8.20. The standard InChI is InChI=1S/C11H13N3O2S/c1-7-9(10(15)12-2)17-11(14-7)13-6-8-4-3-5-16-8/h3-5H,6H2,1-2H3,(H,12,15)(H,13,14). The third kappa shape index (κ3) is 2.65. The summed E-state index contributed by atoms with van der Waals surface area (Å²) >= 11 is 1.34. The Bertz CT molecular complexity index is 505. The van der Waals surface area contributed by atoms with E-state index in [1.54, 1.807) is 13.3 Å². The second-order valence-corrected chi connectivity index (χ2v) is 4.44. The van der Waals surface area contributed by atoms with Crippen LogP contribution < -0.4 is 10.6 Å². The van der Waals surface area contributed by atoms with Crippen molar-refractivity contribution in [2.24, 2.45) is 0 Å². The largest absolute Gasteiger partial charge is 0.467 e. The maximum atomic E-state index is 11.5. The average Bonchev–Trinajstić information content (AvgIpc) is 2.94. The molecule has 0 aliphatic carbocycles. The number of amides is 1. The number of anilines is 1. The first-order valence-corrected chi connectivity index (χ1v) is 5.98. The van der Waals surface area contributed by atoms with Crippen LogP contribution in [-0.2, 0) is 6.54 Å². The number of thiazole rings is 1. The molecular weight excluding hydrogens is 238 g/mol. The molecule has 0 aromatic carbocycles. The summed E-state index contributed by atoms with van der Waals surface area (Å²) in [6.07, 6.45) is 1.63. The molecule has 2 aromatic rings. The van der Waals surface area contributed by atoms with E-state index in [4.69, 9.17) is 4.42 Å². The van der Waals surface area contributed by atoms with Crippen molar-refractivity contribution in [2.75, 3.05) is 12.4 Å². The molecule has 0 radical (unpaired) electrons. The lowest BCUT2D eigenvalue weighted by Gasteiger charge is -1.97. The lowest BCUT2D eigenvalue weighted by molar-refractivity contribution is 0.0966. The van der Waals surface area contributed by atoms with Gasteiger partial charge in [-0.15, -0.1) is 0 Å². The van der Waals surface area contributed by atoms with E-state index >= 15 is 0 Å². The first kappa shape index (κ1) is 11.7. The molecule has 0 saturated carbocycles. The van der Waals surface area contributed by atoms with E-state index in [2.05, 4.69) is 15.6 Å². The lowest BCUT2D eigenvalue weighted by Crippen LogP contribution is -2.17. The van der Waals surface area contributed by atoms with Gasteiger partial charge in [-0.1, -0.05) is 11.3 Å². The van der Waals surface area contributed by atoms with E-state index < -0.39 is 0 Å². The number of aromatic nitrogens is 1. The maximum Gasteiger partial charge on any atom is 0.263 e. The van der Waals surface area contributed by atoms with Gasteiger partial charge in [0.05, 0.1) is 18.5 Å². The number of furan rings is 1. The number of carbonyl (C=O) groups is 1. The summed E-state index contributed by atoms with van der Waals surface area (Å²) < 4.78 is 5.20. The van der Waals surface area contributed by atoms with Gasteiger partial charge in [0.25, 0.3) is 5.91 Å². The van der Waals surface area contributed by atoms with Gasteiger partial charge in [-0.05, 0) is 19.1 Å². The van der Waals surface area contributed by atoms with Crippen molar-refractivity contribution >= 4 is 22.4 Å². The minimum atomic E-state index is -0.106. The molecule has 0 bridgehead atoms. The van der Waals surface area contributed by atoms with E-state index in [0.29, 0.717) is 11.4 Å². The van der Waals surface area contributed by atoms with Gasteiger partial charge in [0.1, 0.15) is 10.6 Å². The van der Waals surface area contributed by atoms with Gasteiger partial charge in [-0.3, -0.25) is 4.79 Å². The molecular formula is C11H13N3O2S. The fraction of sp³-hybridized carbons (Fsp3) is 0.273. The van der Waals surface area contributed by atoms with Crippen molar-refractivity contribution < 1.29 is 9.21 Å². The molecule has 90 valence electrons. The SMILES string of the molecule is CNC(=O)c1sc(NCc2ccco2)nc1C. The van der Waals surface area contributed by atoms with E-state index in [1.165, 1.54) is 11.3 Å². The van der Waals surface area contributed by atoms with E-state index in [-0.39, 0.29) is 5.91 Å². The highest BCUT2D eigenvalue weighted by atomic mass is 32.1. The van der Waals surface area contributed by atoms with Gasteiger partial charge in [0, 0.05) is 7.05 Å². The Labute approximate surface area is 103 Å². The highest BCUT2D eigenvalue weighted by Gasteiger charge is 2.13. The Hall–Kier alpha value is -1.82. The smallest absolute Gasteiger partial charge is 0.263 e. The molecule has 2 rings (SSSR count). The molecule has 0 atom stereocenters. The summed E-state index contributed by atoms with van der Waals surface area (Å²) in [5.41, 5.74) is 0.733. The Morgan fingerprint density at radius 3 is 3.06 bits per heavy atom. The van der Waals surface area contributed by atoms with Crippen LogP contribution in [0.15, 0.2) is 22.8 Å². The molecule has 17 heavy (non-hydrogen) atoms. The molecule has 0 spiro atoms. The molecule has 5 nitrogen and oxygen atoms in total. The van der Waals surface area contributed by atoms with Crippen LogP contribution in [0.25, 0.3) is 0 Å². The summed E-state index contributed by atoms with van der Waals surface area (Å²) in [5.74, 6) is 0.727. The number of nitrogens with one attached hydrogen (secondary N) is 2. The van der Waals surface area contributed by atoms with Crippen LogP contribution in [0.4, 0.5) is 5.13 Å². The van der Waals surface area contributed by atoms with Crippen molar-refractivity contribution in [3.05, 3.63) is 34.7 Å². The predicted octanol–water partition coefficient (Wildman–Crippen LogP) is 2.02. The van der Waals surface area contributed by atoms with E-state index in [9.17, 15) is 4.79 Å². The third-order valence-electron chi connectivity index (χ3n) is 2.22. The molecule has 2 aromatic heterocycles. The molecule has 6 heteroatoms. The summed E-state index contributed by atoms with van der Waals surface area (Å²) in [5, 5.41) is 6.43. The van der Waals surface area contributed by atoms with Gasteiger partial charge >= 0.3 is 0 Å². The quantitative estimate of drug-likeness (QED) is 0.872. The first-order valence-electron chi connectivity index (χ1n) is 5.16. The zero-order valence-corrected chi connectivity index (χ0v) is 10.4. The molecule has 0 saturated heterocycles. The Morgan fingerprint density at radius 2 is 2.41 bits per heavy atom. The molecule has 0 fully saturated rings. The molecule has 2 N–H and O–H groups in total. The zero-order chi connectivity index (χ0) is 12.3. The highest BCUT2D eigenvalue weighted by molar-refractivity contribution is 7.17. The molecule has 2 heterocycles. The topological polar surface area (TPSA) is 67.2 Å². The van der Waals surface area contributed by atoms with Crippen molar-refractivity contribution in [3.63, 3.8) is 0 Å². The van der Waals surface area contributed by atoms with Crippen molar-refractivity contribution in [1.82, 2.24) is 10.3 Å². The van der Waals surface area contributed by atoms with Crippen LogP contribution >= 0.6 is 11.3 Å². The number of nitrogens with zero attached hydrogens (tertiary/aromatic N) is 1. The van der Waals surface area contributed by atoms with Crippen LogP contribution in [0, 0.1) is 6.92 Å². The molecule has 1 amide bonds. The van der Waals surface area contributed by atoms with E-state index in [0.717, 1.165) is 16.6 Å². The second-order valence-electron chi connectivity index (χ2n) is 3.45. The van der Waals surface area contributed by atoms with Crippen LogP contribution in [0.2, 0.25) is 0 Å². The lowest BCUT2D eigenvalue weighted by atomic mass is 10.4. The molecule has 0 unspecified atom stereocenters. The summed E-state index contributed by atoms with van der Waals surface area (Å²) in [6, 6.07) is 3.72. The fourth-order valence-corrected chi connectivity index (χ4v) is 2.28. The van der Waals surface area contributed by atoms with Crippen molar-refractivity contribution in [1.29, 1.82) is 0 Å². The fourth-order valence-electron chi connectivity index (χ4n) is 1.37. The molecule has 0 aliphatic heterocycles. The minimum Gasteiger partial charge on any atom is -0.467 e. The number of carbonyl (C=O) groups excluding carboxylic acids is 1. The Kier molecular flexibility index (Phi) is 3.43. The van der Waals surface area contributed by atoms with Crippen molar-refractivity contribution in [2.45, 2.75) is 13.5 Å². The number of hydrogen-bond donors (Lipinski definition) is 2. The Balaban J connectivity index is 2.05. The van der Waals surface area contributed by atoms with Gasteiger partial charge in [0.15, 0.2) is 5.13 Å². The minimum absolute atomic E-state index is 0.106. The normalized spacial score (nSPS) is 10.2. The van der Waals surface area contributed by atoms with Crippen molar-refractivity contribution in [3.8, 4) is 0 Å². The van der Waals surface area contributed by atoms with Crippen LogP contribution in [-0.4, -0.2) is 17.9 Å². The number of rotatable bonds is 4. The summed E-state index contributed by atoms with van der Waals surface area (Å²) in [6.45, 7) is 2.38. The average molecular weight is 251 g/mol. The number of aryl methyl sites for hydroxylation is 1. The third-order valence-corrected chi connectivity index (χ3v) is 3.34. The van der Waals surface area contributed by atoms with Gasteiger partial charge in [-0.2, -0.15) is 0 Å². The second kappa shape index (κ2) is 5.01.